The molecule has 4 aliphatic heterocycles. The third-order valence-corrected chi connectivity index (χ3v) is 7.20. The van der Waals surface area contributed by atoms with Crippen LogP contribution < -0.4 is 0 Å². The predicted octanol–water partition coefficient (Wildman–Crippen LogP) is 0.864. The van der Waals surface area contributed by atoms with Crippen LogP contribution in [0.25, 0.3) is 0 Å². The number of likely N-dealkylation sites (tertiary alicyclic amines) is 1. The van der Waals surface area contributed by atoms with E-state index in [9.17, 15) is 9.59 Å². The normalized spacial score (nSPS) is 26.9. The van der Waals surface area contributed by atoms with Crippen molar-refractivity contribution >= 4 is 12.0 Å². The van der Waals surface area contributed by atoms with Crippen molar-refractivity contribution < 1.29 is 19.1 Å². The van der Waals surface area contributed by atoms with Gasteiger partial charge in [-0.1, -0.05) is 6.92 Å². The van der Waals surface area contributed by atoms with Crippen LogP contribution in [0.4, 0.5) is 4.79 Å². The summed E-state index contributed by atoms with van der Waals surface area (Å²) in [5.41, 5.74) is -0.398. The van der Waals surface area contributed by atoms with E-state index < -0.39 is 5.60 Å². The highest BCUT2D eigenvalue weighted by Crippen LogP contribution is 2.34. The molecule has 0 atom stereocenters. The van der Waals surface area contributed by atoms with Gasteiger partial charge in [-0.05, 0) is 19.4 Å². The summed E-state index contributed by atoms with van der Waals surface area (Å²) >= 11 is 0. The predicted molar refractivity (Wildman–Crippen MR) is 109 cm³/mol. The molecule has 4 saturated heterocycles. The molecule has 0 aliphatic carbocycles. The molecule has 0 N–H and O–H groups in total. The molecule has 0 bridgehead atoms. The average Bonchev–Trinajstić information content (AvgIpc) is 3.08. The second kappa shape index (κ2) is 9.18. The Labute approximate surface area is 174 Å². The first-order chi connectivity index (χ1) is 14.1. The minimum Gasteiger partial charge on any atom is -0.441 e. The number of amides is 2. The molecule has 4 fully saturated rings. The van der Waals surface area contributed by atoms with Crippen molar-refractivity contribution in [3.63, 3.8) is 0 Å². The molecule has 0 aromatic heterocycles. The maximum Gasteiger partial charge on any atom is 0.410 e. The van der Waals surface area contributed by atoms with E-state index in [0.717, 1.165) is 71.5 Å². The molecular formula is C21H36N4O4. The van der Waals surface area contributed by atoms with Crippen molar-refractivity contribution in [3.8, 4) is 0 Å². The van der Waals surface area contributed by atoms with Crippen LogP contribution in [0.1, 0.15) is 32.6 Å². The molecule has 4 aliphatic rings. The van der Waals surface area contributed by atoms with Crippen LogP contribution >= 0.6 is 0 Å². The molecule has 0 aromatic carbocycles. The van der Waals surface area contributed by atoms with Gasteiger partial charge >= 0.3 is 6.09 Å². The Morgan fingerprint density at radius 1 is 1.00 bits per heavy atom. The first-order valence-electron chi connectivity index (χ1n) is 11.4. The van der Waals surface area contributed by atoms with Crippen LogP contribution in [0.15, 0.2) is 0 Å². The summed E-state index contributed by atoms with van der Waals surface area (Å²) in [6.07, 6.45) is 2.98. The van der Waals surface area contributed by atoms with Gasteiger partial charge in [0.1, 0.15) is 5.60 Å². The molecule has 164 valence electrons. The summed E-state index contributed by atoms with van der Waals surface area (Å²) in [5, 5.41) is 0. The molecule has 4 rings (SSSR count). The van der Waals surface area contributed by atoms with E-state index in [1.165, 1.54) is 0 Å². The Morgan fingerprint density at radius 2 is 1.66 bits per heavy atom. The molecule has 0 saturated carbocycles. The van der Waals surface area contributed by atoms with Gasteiger partial charge in [0, 0.05) is 84.3 Å². The zero-order valence-corrected chi connectivity index (χ0v) is 17.8. The second-order valence-corrected chi connectivity index (χ2v) is 8.96. The van der Waals surface area contributed by atoms with Crippen LogP contribution in [-0.2, 0) is 14.3 Å². The maximum atomic E-state index is 12.8. The van der Waals surface area contributed by atoms with Gasteiger partial charge < -0.3 is 24.2 Å². The highest BCUT2D eigenvalue weighted by atomic mass is 16.6. The Bertz CT molecular complexity index is 579. The van der Waals surface area contributed by atoms with Crippen LogP contribution in [0.2, 0.25) is 0 Å². The summed E-state index contributed by atoms with van der Waals surface area (Å²) in [6.45, 7) is 12.8. The minimum absolute atomic E-state index is 0.105. The number of carbonyl (C=O) groups excluding carboxylic acids is 2. The van der Waals surface area contributed by atoms with Crippen molar-refractivity contribution in [2.24, 2.45) is 5.92 Å². The van der Waals surface area contributed by atoms with Crippen molar-refractivity contribution in [2.75, 3.05) is 78.7 Å². The molecule has 29 heavy (non-hydrogen) atoms. The lowest BCUT2D eigenvalue weighted by Crippen LogP contribution is -2.51. The van der Waals surface area contributed by atoms with E-state index in [2.05, 4.69) is 16.7 Å². The largest absolute Gasteiger partial charge is 0.441 e. The number of hydrogen-bond donors (Lipinski definition) is 0. The molecule has 0 radical (unpaired) electrons. The van der Waals surface area contributed by atoms with Crippen molar-refractivity contribution in [3.05, 3.63) is 0 Å². The molecule has 2 amide bonds. The van der Waals surface area contributed by atoms with E-state index in [0.29, 0.717) is 32.8 Å². The highest BCUT2D eigenvalue weighted by molar-refractivity contribution is 5.79. The van der Waals surface area contributed by atoms with E-state index in [1.54, 1.807) is 0 Å². The second-order valence-electron chi connectivity index (χ2n) is 8.96. The number of rotatable bonds is 5. The zero-order chi connectivity index (χ0) is 20.3. The number of hydrogen-bond acceptors (Lipinski definition) is 6. The smallest absolute Gasteiger partial charge is 0.410 e. The third-order valence-electron chi connectivity index (χ3n) is 7.20. The summed E-state index contributed by atoms with van der Waals surface area (Å²) in [7, 11) is 0. The number of piperazine rings is 1. The first-order valence-corrected chi connectivity index (χ1v) is 11.4. The van der Waals surface area contributed by atoms with Crippen molar-refractivity contribution in [1.29, 1.82) is 0 Å². The van der Waals surface area contributed by atoms with Crippen LogP contribution in [0.5, 0.6) is 0 Å². The van der Waals surface area contributed by atoms with E-state index >= 15 is 0 Å². The molecular weight excluding hydrogens is 372 g/mol. The Hall–Kier alpha value is -1.38. The minimum atomic E-state index is -0.398. The summed E-state index contributed by atoms with van der Waals surface area (Å²) in [4.78, 5) is 34.0. The lowest BCUT2D eigenvalue weighted by atomic mass is 9.89. The Balaban J connectivity index is 1.22. The van der Waals surface area contributed by atoms with Gasteiger partial charge in [0.2, 0.25) is 5.91 Å². The highest BCUT2D eigenvalue weighted by Gasteiger charge is 2.47. The van der Waals surface area contributed by atoms with Gasteiger partial charge in [-0.15, -0.1) is 0 Å². The fourth-order valence-corrected chi connectivity index (χ4v) is 5.05. The van der Waals surface area contributed by atoms with Gasteiger partial charge in [0.25, 0.3) is 0 Å². The number of nitrogens with zero attached hydrogens (tertiary/aromatic N) is 4. The summed E-state index contributed by atoms with van der Waals surface area (Å²) < 4.78 is 11.2. The molecule has 1 spiro atoms. The topological polar surface area (TPSA) is 65.6 Å². The van der Waals surface area contributed by atoms with Crippen LogP contribution in [-0.4, -0.2) is 116 Å². The van der Waals surface area contributed by atoms with Gasteiger partial charge in [-0.2, -0.15) is 0 Å². The molecule has 8 nitrogen and oxygen atoms in total. The van der Waals surface area contributed by atoms with Gasteiger partial charge in [-0.25, -0.2) is 4.79 Å². The lowest BCUT2D eigenvalue weighted by Gasteiger charge is -2.39. The Morgan fingerprint density at radius 3 is 2.31 bits per heavy atom. The fourth-order valence-electron chi connectivity index (χ4n) is 5.05. The Kier molecular flexibility index (Phi) is 6.61. The number of carbonyl (C=O) groups is 2. The van der Waals surface area contributed by atoms with Crippen LogP contribution in [0, 0.1) is 5.92 Å². The lowest BCUT2D eigenvalue weighted by molar-refractivity contribution is -0.141. The fraction of sp³-hybridized carbons (Fsp3) is 0.905. The third kappa shape index (κ3) is 4.86. The quantitative estimate of drug-likeness (QED) is 0.672. The van der Waals surface area contributed by atoms with Crippen molar-refractivity contribution in [2.45, 2.75) is 38.2 Å². The SMILES string of the molecule is CCN1CCN(CCN2CC3(CCN(C(=O)C4CCOCC4)CC3)OC2=O)CC1. The number of ether oxygens (including phenoxy) is 2. The average molecular weight is 409 g/mol. The molecule has 8 heteroatoms. The van der Waals surface area contributed by atoms with Crippen LogP contribution in [0.3, 0.4) is 0 Å². The van der Waals surface area contributed by atoms with E-state index in [4.69, 9.17) is 9.47 Å². The van der Waals surface area contributed by atoms with Gasteiger partial charge in [0.05, 0.1) is 6.54 Å². The molecule has 0 aromatic rings. The monoisotopic (exact) mass is 408 g/mol. The van der Waals surface area contributed by atoms with E-state index in [-0.39, 0.29) is 17.9 Å². The molecule has 0 unspecified atom stereocenters. The molecule has 4 heterocycles. The summed E-state index contributed by atoms with van der Waals surface area (Å²) in [5.74, 6) is 0.365. The first kappa shape index (κ1) is 20.9. The number of piperidine rings is 1. The van der Waals surface area contributed by atoms with Crippen molar-refractivity contribution in [1.82, 2.24) is 19.6 Å². The van der Waals surface area contributed by atoms with Gasteiger partial charge in [0.15, 0.2) is 0 Å². The standard InChI is InChI=1S/C21H36N4O4/c1-2-22-9-11-23(12-10-22)13-14-25-17-21(29-20(25)27)5-7-24(8-6-21)19(26)18-3-15-28-16-4-18/h18H,2-17H2,1H3. The summed E-state index contributed by atoms with van der Waals surface area (Å²) in [6, 6.07) is 0. The zero-order valence-electron chi connectivity index (χ0n) is 17.8. The number of likely N-dealkylation sites (N-methyl/N-ethyl adjacent to an activating group) is 1. The van der Waals surface area contributed by atoms with Gasteiger partial charge in [-0.3, -0.25) is 9.69 Å². The van der Waals surface area contributed by atoms with E-state index in [1.807, 2.05) is 9.80 Å². The maximum absolute atomic E-state index is 12.8.